The van der Waals surface area contributed by atoms with Crippen LogP contribution in [0.4, 0.5) is 4.39 Å². The van der Waals surface area contributed by atoms with Crippen molar-refractivity contribution in [3.05, 3.63) is 84.9 Å². The number of nitrogens with zero attached hydrogens (tertiary/aromatic N) is 2. The molecule has 0 aliphatic heterocycles. The van der Waals surface area contributed by atoms with Crippen LogP contribution in [0.3, 0.4) is 0 Å². The molecule has 6 heteroatoms. The van der Waals surface area contributed by atoms with E-state index in [0.717, 1.165) is 27.6 Å². The van der Waals surface area contributed by atoms with Crippen LogP contribution in [0.5, 0.6) is 17.2 Å². The third-order valence-electron chi connectivity index (χ3n) is 4.72. The van der Waals surface area contributed by atoms with Gasteiger partial charge in [-0.3, -0.25) is 4.68 Å². The van der Waals surface area contributed by atoms with E-state index in [0.29, 0.717) is 24.7 Å². The Morgan fingerprint density at radius 1 is 0.931 bits per heavy atom. The van der Waals surface area contributed by atoms with Gasteiger partial charge in [-0.15, -0.1) is 0 Å². The standard InChI is InChI=1S/C23H18FN3O2/c24-16-7-8-21-19(13-16)20-14-18(29-17-5-2-1-3-6-17)15-22(23(20)26-21)28-12-11-27-10-4-9-25-27/h1-10,13-15,26H,11-12H2. The second-order valence-electron chi connectivity index (χ2n) is 6.69. The van der Waals surface area contributed by atoms with Crippen molar-refractivity contribution >= 4 is 21.8 Å². The summed E-state index contributed by atoms with van der Waals surface area (Å²) in [6, 6.07) is 19.9. The van der Waals surface area contributed by atoms with Gasteiger partial charge < -0.3 is 14.5 Å². The first-order chi connectivity index (χ1) is 14.3. The second kappa shape index (κ2) is 7.31. The van der Waals surface area contributed by atoms with Crippen molar-refractivity contribution in [1.29, 1.82) is 0 Å². The molecule has 0 aliphatic rings. The van der Waals surface area contributed by atoms with Crippen molar-refractivity contribution in [2.75, 3.05) is 6.61 Å². The minimum atomic E-state index is -0.283. The van der Waals surface area contributed by atoms with Crippen LogP contribution in [0.1, 0.15) is 0 Å². The molecule has 0 amide bonds. The highest BCUT2D eigenvalue weighted by molar-refractivity contribution is 6.09. The summed E-state index contributed by atoms with van der Waals surface area (Å²) in [5, 5.41) is 5.83. The zero-order valence-electron chi connectivity index (χ0n) is 15.5. The van der Waals surface area contributed by atoms with E-state index in [2.05, 4.69) is 10.1 Å². The topological polar surface area (TPSA) is 52.1 Å². The maximum absolute atomic E-state index is 13.9. The molecule has 1 N–H and O–H groups in total. The van der Waals surface area contributed by atoms with Gasteiger partial charge in [0.05, 0.1) is 12.1 Å². The lowest BCUT2D eigenvalue weighted by Crippen LogP contribution is -2.08. The van der Waals surface area contributed by atoms with Crippen molar-refractivity contribution < 1.29 is 13.9 Å². The number of rotatable bonds is 6. The van der Waals surface area contributed by atoms with Crippen LogP contribution in [-0.2, 0) is 6.54 Å². The quantitative estimate of drug-likeness (QED) is 0.417. The largest absolute Gasteiger partial charge is 0.489 e. The van der Waals surface area contributed by atoms with Crippen molar-refractivity contribution in [3.63, 3.8) is 0 Å². The fourth-order valence-electron chi connectivity index (χ4n) is 3.39. The fourth-order valence-corrected chi connectivity index (χ4v) is 3.39. The first-order valence-electron chi connectivity index (χ1n) is 9.34. The van der Waals surface area contributed by atoms with Gasteiger partial charge in [0, 0.05) is 34.7 Å². The summed E-state index contributed by atoms with van der Waals surface area (Å²) in [5.74, 6) is 1.72. The molecule has 0 radical (unpaired) electrons. The number of aromatic nitrogens is 3. The molecule has 0 saturated carbocycles. The van der Waals surface area contributed by atoms with Crippen LogP contribution in [0.15, 0.2) is 79.1 Å². The molecule has 29 heavy (non-hydrogen) atoms. The third kappa shape index (κ3) is 3.52. The summed E-state index contributed by atoms with van der Waals surface area (Å²) in [5.41, 5.74) is 1.65. The van der Waals surface area contributed by atoms with Gasteiger partial charge in [0.15, 0.2) is 0 Å². The van der Waals surface area contributed by atoms with Crippen LogP contribution in [-0.4, -0.2) is 21.4 Å². The number of hydrogen-bond donors (Lipinski definition) is 1. The molecule has 3 aromatic carbocycles. The molecule has 5 nitrogen and oxygen atoms in total. The molecule has 0 aliphatic carbocycles. The lowest BCUT2D eigenvalue weighted by molar-refractivity contribution is 0.293. The zero-order valence-corrected chi connectivity index (χ0v) is 15.5. The smallest absolute Gasteiger partial charge is 0.147 e. The maximum atomic E-state index is 13.9. The minimum absolute atomic E-state index is 0.283. The summed E-state index contributed by atoms with van der Waals surface area (Å²) in [7, 11) is 0. The van der Waals surface area contributed by atoms with Gasteiger partial charge in [-0.05, 0) is 42.5 Å². The first kappa shape index (κ1) is 17.3. The highest BCUT2D eigenvalue weighted by Crippen LogP contribution is 2.37. The van der Waals surface area contributed by atoms with Gasteiger partial charge in [-0.25, -0.2) is 4.39 Å². The molecule has 2 heterocycles. The van der Waals surface area contributed by atoms with E-state index in [1.807, 2.05) is 59.4 Å². The number of fused-ring (bicyclic) bond motifs is 3. The molecule has 0 spiro atoms. The average Bonchev–Trinajstić information content (AvgIpc) is 3.37. The monoisotopic (exact) mass is 387 g/mol. The number of hydrogen-bond acceptors (Lipinski definition) is 3. The normalized spacial score (nSPS) is 11.2. The highest BCUT2D eigenvalue weighted by Gasteiger charge is 2.13. The predicted octanol–water partition coefficient (Wildman–Crippen LogP) is 5.53. The summed E-state index contributed by atoms with van der Waals surface area (Å²) >= 11 is 0. The summed E-state index contributed by atoms with van der Waals surface area (Å²) in [6.07, 6.45) is 3.62. The molecule has 0 fully saturated rings. The number of H-pyrrole nitrogens is 1. The summed E-state index contributed by atoms with van der Waals surface area (Å²) in [4.78, 5) is 3.34. The molecule has 0 atom stereocenters. The fraction of sp³-hybridized carbons (Fsp3) is 0.0870. The van der Waals surface area contributed by atoms with Crippen LogP contribution < -0.4 is 9.47 Å². The molecule has 0 saturated heterocycles. The van der Waals surface area contributed by atoms with E-state index in [-0.39, 0.29) is 5.82 Å². The zero-order chi connectivity index (χ0) is 19.6. The third-order valence-corrected chi connectivity index (χ3v) is 4.72. The van der Waals surface area contributed by atoms with Gasteiger partial charge >= 0.3 is 0 Å². The summed E-state index contributed by atoms with van der Waals surface area (Å²) in [6.45, 7) is 1.06. The number of benzene rings is 3. The Morgan fingerprint density at radius 3 is 2.66 bits per heavy atom. The number of nitrogens with one attached hydrogen (secondary N) is 1. The van der Waals surface area contributed by atoms with Crippen molar-refractivity contribution in [2.24, 2.45) is 0 Å². The molecular formula is C23H18FN3O2. The van der Waals surface area contributed by atoms with E-state index in [1.165, 1.54) is 12.1 Å². The van der Waals surface area contributed by atoms with Crippen molar-refractivity contribution in [1.82, 2.24) is 14.8 Å². The van der Waals surface area contributed by atoms with Gasteiger partial charge in [-0.2, -0.15) is 5.10 Å². The number of para-hydroxylation sites is 1. The van der Waals surface area contributed by atoms with Crippen LogP contribution in [0.25, 0.3) is 21.8 Å². The molecule has 5 rings (SSSR count). The Bertz CT molecular complexity index is 1260. The predicted molar refractivity (Wildman–Crippen MR) is 110 cm³/mol. The van der Waals surface area contributed by atoms with Gasteiger partial charge in [-0.1, -0.05) is 18.2 Å². The van der Waals surface area contributed by atoms with Gasteiger partial charge in [0.1, 0.15) is 29.7 Å². The Labute approximate surface area is 166 Å². The number of halogens is 1. The Kier molecular flexibility index (Phi) is 4.37. The molecule has 2 aromatic heterocycles. The number of aromatic amines is 1. The highest BCUT2D eigenvalue weighted by atomic mass is 19.1. The van der Waals surface area contributed by atoms with Gasteiger partial charge in [0.25, 0.3) is 0 Å². The van der Waals surface area contributed by atoms with Gasteiger partial charge in [0.2, 0.25) is 0 Å². The summed E-state index contributed by atoms with van der Waals surface area (Å²) < 4.78 is 27.8. The molecular weight excluding hydrogens is 369 g/mol. The van der Waals surface area contributed by atoms with E-state index >= 15 is 0 Å². The second-order valence-corrected chi connectivity index (χ2v) is 6.69. The molecule has 5 aromatic rings. The van der Waals surface area contributed by atoms with Crippen LogP contribution in [0.2, 0.25) is 0 Å². The van der Waals surface area contributed by atoms with Crippen LogP contribution >= 0.6 is 0 Å². The average molecular weight is 387 g/mol. The Balaban J connectivity index is 1.55. The van der Waals surface area contributed by atoms with E-state index < -0.39 is 0 Å². The Morgan fingerprint density at radius 2 is 1.83 bits per heavy atom. The van der Waals surface area contributed by atoms with Crippen LogP contribution in [0, 0.1) is 5.82 Å². The van der Waals surface area contributed by atoms with Crippen molar-refractivity contribution in [2.45, 2.75) is 6.54 Å². The van der Waals surface area contributed by atoms with E-state index in [1.54, 1.807) is 12.3 Å². The maximum Gasteiger partial charge on any atom is 0.147 e. The number of ether oxygens (including phenoxy) is 2. The Hall–Kier alpha value is -3.80. The van der Waals surface area contributed by atoms with E-state index in [9.17, 15) is 4.39 Å². The van der Waals surface area contributed by atoms with E-state index in [4.69, 9.17) is 9.47 Å². The molecule has 0 bridgehead atoms. The minimum Gasteiger partial charge on any atom is -0.489 e. The lowest BCUT2D eigenvalue weighted by Gasteiger charge is -2.11. The molecule has 144 valence electrons. The molecule has 0 unspecified atom stereocenters. The lowest BCUT2D eigenvalue weighted by atomic mass is 10.1. The van der Waals surface area contributed by atoms with Crippen molar-refractivity contribution in [3.8, 4) is 17.2 Å². The SMILES string of the molecule is Fc1ccc2[nH]c3c(OCCn4cccn4)cc(Oc4ccccc4)cc3c2c1. The first-order valence-corrected chi connectivity index (χ1v) is 9.34.